The Morgan fingerprint density at radius 3 is 2.81 bits per heavy atom. The summed E-state index contributed by atoms with van der Waals surface area (Å²) in [7, 11) is 0. The second kappa shape index (κ2) is 15.2. The van der Waals surface area contributed by atoms with Crippen LogP contribution in [0.4, 0.5) is 22.2 Å². The number of aromatic nitrogens is 2. The molecule has 4 rings (SSSR count). The summed E-state index contributed by atoms with van der Waals surface area (Å²) < 4.78 is 17.9. The van der Waals surface area contributed by atoms with Crippen molar-refractivity contribution in [1.29, 1.82) is 0 Å². The standard InChI is InChI=1S/C32H39N5O5/c1-5-8-24(4)30(23(2)3)42-32(39)37-15-6-7-19-40-22-25-21-26(34-31-33-14-11-29(37)35-31)9-10-28(25)41-20-18-36-16-12-27(38)13-17-36/h1,6-11,14,21,27,38H,12-13,15-20,22H2,2-4H3,(H,33,34,35)/b7-6-,24-8-. The number of anilines is 3. The summed E-state index contributed by atoms with van der Waals surface area (Å²) in [6.07, 6.45) is 13.1. The summed E-state index contributed by atoms with van der Waals surface area (Å²) in [5.74, 6) is 4.34. The molecule has 2 aromatic rings. The molecule has 1 fully saturated rings. The molecule has 42 heavy (non-hydrogen) atoms. The average molecular weight is 574 g/mol. The van der Waals surface area contributed by atoms with Crippen LogP contribution in [0.5, 0.6) is 5.75 Å². The number of aliphatic hydroxyl groups is 1. The van der Waals surface area contributed by atoms with Gasteiger partial charge in [-0.15, -0.1) is 6.42 Å². The van der Waals surface area contributed by atoms with E-state index < -0.39 is 6.09 Å². The van der Waals surface area contributed by atoms with E-state index in [0.29, 0.717) is 42.9 Å². The van der Waals surface area contributed by atoms with E-state index in [1.807, 2.05) is 44.2 Å². The minimum absolute atomic E-state index is 0.191. The maximum absolute atomic E-state index is 13.4. The lowest BCUT2D eigenvalue weighted by atomic mass is 10.1. The normalized spacial score (nSPS) is 17.3. The van der Waals surface area contributed by atoms with E-state index >= 15 is 0 Å². The minimum atomic E-state index is -0.595. The molecule has 2 aliphatic heterocycles. The molecule has 4 bridgehead atoms. The molecule has 3 heterocycles. The highest BCUT2D eigenvalue weighted by atomic mass is 16.6. The van der Waals surface area contributed by atoms with E-state index in [0.717, 1.165) is 55.0 Å². The number of amides is 1. The molecule has 1 saturated heterocycles. The molecule has 10 nitrogen and oxygen atoms in total. The molecule has 0 radical (unpaired) electrons. The summed E-state index contributed by atoms with van der Waals surface area (Å²) in [6, 6.07) is 7.40. The van der Waals surface area contributed by atoms with Crippen molar-refractivity contribution < 1.29 is 24.1 Å². The molecular weight excluding hydrogens is 534 g/mol. The van der Waals surface area contributed by atoms with Gasteiger partial charge in [-0.1, -0.05) is 18.1 Å². The molecule has 0 unspecified atom stereocenters. The van der Waals surface area contributed by atoms with Crippen LogP contribution in [0.15, 0.2) is 65.6 Å². The predicted molar refractivity (Wildman–Crippen MR) is 163 cm³/mol. The van der Waals surface area contributed by atoms with Gasteiger partial charge in [-0.25, -0.2) is 9.78 Å². The molecule has 0 atom stereocenters. The zero-order chi connectivity index (χ0) is 29.9. The molecule has 2 aliphatic rings. The maximum Gasteiger partial charge on any atom is 0.421 e. The highest BCUT2D eigenvalue weighted by Crippen LogP contribution is 2.27. The number of nitrogens with one attached hydrogen (secondary N) is 1. The zero-order valence-corrected chi connectivity index (χ0v) is 24.5. The lowest BCUT2D eigenvalue weighted by molar-refractivity contribution is 0.0750. The van der Waals surface area contributed by atoms with Gasteiger partial charge in [-0.3, -0.25) is 9.80 Å². The van der Waals surface area contributed by atoms with Gasteiger partial charge in [-0.2, -0.15) is 4.98 Å². The first kappa shape index (κ1) is 30.8. The molecule has 0 spiro atoms. The summed E-state index contributed by atoms with van der Waals surface area (Å²) in [4.78, 5) is 26.0. The third kappa shape index (κ3) is 8.66. The molecule has 1 amide bonds. The Balaban J connectivity index is 1.51. The molecule has 1 aromatic heterocycles. The number of allylic oxidation sites excluding steroid dienone is 3. The molecule has 2 N–H and O–H groups in total. The minimum Gasteiger partial charge on any atom is -0.492 e. The smallest absolute Gasteiger partial charge is 0.421 e. The van der Waals surface area contributed by atoms with Crippen LogP contribution in [0.2, 0.25) is 0 Å². The topological polar surface area (TPSA) is 109 Å². The van der Waals surface area contributed by atoms with E-state index in [-0.39, 0.29) is 12.6 Å². The number of likely N-dealkylation sites (tertiary alicyclic amines) is 1. The predicted octanol–water partition coefficient (Wildman–Crippen LogP) is 4.96. The van der Waals surface area contributed by atoms with Gasteiger partial charge >= 0.3 is 6.09 Å². The van der Waals surface area contributed by atoms with Crippen LogP contribution in [-0.2, 0) is 16.1 Å². The third-order valence-corrected chi connectivity index (χ3v) is 6.90. The van der Waals surface area contributed by atoms with Crippen molar-refractivity contribution in [3.63, 3.8) is 0 Å². The first-order valence-corrected chi connectivity index (χ1v) is 14.1. The van der Waals surface area contributed by atoms with E-state index in [1.54, 1.807) is 25.3 Å². The highest BCUT2D eigenvalue weighted by molar-refractivity contribution is 5.88. The molecule has 1 aromatic carbocycles. The Morgan fingerprint density at radius 1 is 1.24 bits per heavy atom. The number of fused-ring (bicyclic) bond motifs is 4. The van der Waals surface area contributed by atoms with Gasteiger partial charge in [0.1, 0.15) is 23.9 Å². The summed E-state index contributed by atoms with van der Waals surface area (Å²) >= 11 is 0. The van der Waals surface area contributed by atoms with Crippen LogP contribution in [0.1, 0.15) is 39.2 Å². The first-order valence-electron chi connectivity index (χ1n) is 14.1. The number of nitrogens with zero attached hydrogens (tertiary/aromatic N) is 4. The Labute approximate surface area is 247 Å². The van der Waals surface area contributed by atoms with Crippen molar-refractivity contribution >= 4 is 23.5 Å². The number of terminal acetylenes is 1. The van der Waals surface area contributed by atoms with Crippen LogP contribution in [0, 0.1) is 12.3 Å². The highest BCUT2D eigenvalue weighted by Gasteiger charge is 2.22. The quantitative estimate of drug-likeness (QED) is 0.215. The lowest BCUT2D eigenvalue weighted by Gasteiger charge is -2.29. The second-order valence-corrected chi connectivity index (χ2v) is 10.4. The SMILES string of the molecule is C#C/C=C(/C)C(OC(=O)N1C/C=C\COCc2cc(ccc2OCCN2CCC(O)CC2)Nc2nccc1n2)=C(C)C. The summed E-state index contributed by atoms with van der Waals surface area (Å²) in [5.41, 5.74) is 3.15. The largest absolute Gasteiger partial charge is 0.492 e. The summed E-state index contributed by atoms with van der Waals surface area (Å²) in [5, 5.41) is 13.0. The Hall–Kier alpha value is -4.17. The van der Waals surface area contributed by atoms with Gasteiger partial charge in [0, 0.05) is 49.2 Å². The Kier molecular flexibility index (Phi) is 11.1. The number of hydrogen-bond acceptors (Lipinski definition) is 9. The van der Waals surface area contributed by atoms with Gasteiger partial charge < -0.3 is 24.6 Å². The van der Waals surface area contributed by atoms with Crippen LogP contribution in [0.3, 0.4) is 0 Å². The maximum atomic E-state index is 13.4. The fraction of sp³-hybridized carbons (Fsp3) is 0.406. The number of carbonyl (C=O) groups excluding carboxylic acids is 1. The molecular formula is C32H39N5O5. The number of piperidine rings is 1. The number of hydrogen-bond donors (Lipinski definition) is 2. The summed E-state index contributed by atoms with van der Waals surface area (Å²) in [6.45, 7) is 9.49. The van der Waals surface area contributed by atoms with E-state index in [2.05, 4.69) is 26.1 Å². The fourth-order valence-corrected chi connectivity index (χ4v) is 4.68. The molecule has 0 saturated carbocycles. The van der Waals surface area contributed by atoms with Crippen LogP contribution in [-0.4, -0.2) is 71.6 Å². The Morgan fingerprint density at radius 2 is 2.05 bits per heavy atom. The van der Waals surface area contributed by atoms with Crippen molar-refractivity contribution in [2.75, 3.05) is 49.6 Å². The first-order chi connectivity index (χ1) is 20.3. The number of rotatable bonds is 6. The van der Waals surface area contributed by atoms with E-state index in [1.165, 1.54) is 4.90 Å². The Bertz CT molecular complexity index is 1370. The van der Waals surface area contributed by atoms with Gasteiger partial charge in [0.2, 0.25) is 5.95 Å². The molecule has 222 valence electrons. The second-order valence-electron chi connectivity index (χ2n) is 10.4. The monoisotopic (exact) mass is 573 g/mol. The molecule has 0 aliphatic carbocycles. The fourth-order valence-electron chi connectivity index (χ4n) is 4.68. The van der Waals surface area contributed by atoms with Crippen molar-refractivity contribution in [2.45, 2.75) is 46.3 Å². The van der Waals surface area contributed by atoms with Crippen molar-refractivity contribution in [3.05, 3.63) is 71.2 Å². The number of carbonyl (C=O) groups is 1. The van der Waals surface area contributed by atoms with Crippen molar-refractivity contribution in [2.24, 2.45) is 0 Å². The van der Waals surface area contributed by atoms with Crippen molar-refractivity contribution in [1.82, 2.24) is 14.9 Å². The van der Waals surface area contributed by atoms with Crippen LogP contribution < -0.4 is 15.0 Å². The zero-order valence-electron chi connectivity index (χ0n) is 24.5. The number of aliphatic hydroxyl groups excluding tert-OH is 1. The van der Waals surface area contributed by atoms with Gasteiger partial charge in [0.05, 0.1) is 19.3 Å². The number of ether oxygens (including phenoxy) is 3. The van der Waals surface area contributed by atoms with Crippen LogP contribution in [0.25, 0.3) is 0 Å². The van der Waals surface area contributed by atoms with Gasteiger partial charge in [-0.05, 0) is 69.5 Å². The third-order valence-electron chi connectivity index (χ3n) is 6.90. The van der Waals surface area contributed by atoms with Gasteiger partial charge in [0.25, 0.3) is 0 Å². The molecule has 10 heteroatoms. The van der Waals surface area contributed by atoms with E-state index in [9.17, 15) is 9.90 Å². The van der Waals surface area contributed by atoms with E-state index in [4.69, 9.17) is 20.6 Å². The average Bonchev–Trinajstić information content (AvgIpc) is 2.97. The number of benzene rings is 1. The van der Waals surface area contributed by atoms with Gasteiger partial charge in [0.15, 0.2) is 0 Å². The van der Waals surface area contributed by atoms with Crippen LogP contribution >= 0.6 is 0 Å². The van der Waals surface area contributed by atoms with Crippen molar-refractivity contribution in [3.8, 4) is 18.1 Å². The lowest BCUT2D eigenvalue weighted by Crippen LogP contribution is -2.38.